The number of halogens is 7. The molecule has 2 aromatic rings. The molecule has 0 radical (unpaired) electrons. The predicted molar refractivity (Wildman–Crippen MR) is 116 cm³/mol. The monoisotopic (exact) mass is 520 g/mol. The number of allylic oxidation sites excluding steroid dienone is 2. The molecule has 0 heterocycles. The topological polar surface area (TPSA) is 67.4 Å². The number of hydrogen-bond donors (Lipinski definition) is 2. The Labute approximate surface area is 202 Å². The number of alkyl halides is 7. The molecule has 0 aliphatic carbocycles. The predicted octanol–water partition coefficient (Wildman–Crippen LogP) is 5.32. The highest BCUT2D eigenvalue weighted by Crippen LogP contribution is 2.47. The number of benzene rings is 2. The number of carbonyl (C=O) groups is 2. The molecule has 0 bridgehead atoms. The van der Waals surface area contributed by atoms with Crippen molar-refractivity contribution in [2.24, 2.45) is 0 Å². The minimum Gasteiger partial charge on any atom is -0.484 e. The zero-order chi connectivity index (χ0) is 27.4. The molecule has 0 aromatic heterocycles. The van der Waals surface area contributed by atoms with Gasteiger partial charge in [-0.05, 0) is 30.2 Å². The molecule has 0 saturated heterocycles. The van der Waals surface area contributed by atoms with E-state index < -0.39 is 42.0 Å². The lowest BCUT2D eigenvalue weighted by molar-refractivity contribution is -0.342. The van der Waals surface area contributed by atoms with Crippen LogP contribution in [0.2, 0.25) is 0 Å². The third-order valence-corrected chi connectivity index (χ3v) is 5.25. The van der Waals surface area contributed by atoms with Crippen LogP contribution in [0.1, 0.15) is 31.9 Å². The summed E-state index contributed by atoms with van der Waals surface area (Å²) in [4.78, 5) is 23.2. The fraction of sp³-hybridized carbons (Fsp3) is 0.333. The molecule has 0 aliphatic heterocycles. The van der Waals surface area contributed by atoms with E-state index in [0.29, 0.717) is 5.75 Å². The fourth-order valence-corrected chi connectivity index (χ4v) is 3.00. The summed E-state index contributed by atoms with van der Waals surface area (Å²) in [5.74, 6) is -15.9. The van der Waals surface area contributed by atoms with Gasteiger partial charge < -0.3 is 10.2 Å². The highest BCUT2D eigenvalue weighted by Gasteiger charge is 2.75. The number of rotatable bonds is 10. The van der Waals surface area contributed by atoms with E-state index in [2.05, 4.69) is 0 Å². The van der Waals surface area contributed by atoms with Crippen LogP contribution < -0.4 is 15.6 Å². The largest absolute Gasteiger partial charge is 0.484 e. The molecule has 1 amide bonds. The van der Waals surface area contributed by atoms with Gasteiger partial charge in [0, 0.05) is 17.2 Å². The zero-order valence-electron chi connectivity index (χ0n) is 19.4. The molecule has 0 aliphatic rings. The summed E-state index contributed by atoms with van der Waals surface area (Å²) in [5.41, 5.74) is 5.06. The van der Waals surface area contributed by atoms with E-state index in [0.717, 1.165) is 18.1 Å². The number of nitrogens with one attached hydrogen (secondary N) is 2. The number of carbonyl (C=O) groups excluding carboxylic acids is 2. The smallest absolute Gasteiger partial charge is 0.460 e. The van der Waals surface area contributed by atoms with Gasteiger partial charge in [-0.15, -0.1) is 0 Å². The molecule has 0 fully saturated rings. The van der Waals surface area contributed by atoms with Crippen molar-refractivity contribution in [3.05, 3.63) is 77.5 Å². The second-order valence-electron chi connectivity index (χ2n) is 8.32. The number of ketones is 1. The van der Waals surface area contributed by atoms with Gasteiger partial charge in [0.1, 0.15) is 5.75 Å². The van der Waals surface area contributed by atoms with Gasteiger partial charge in [0.05, 0.1) is 0 Å². The standard InChI is InChI=1S/C24H23F7N2O3/c1-15(13-19(34)22(25,26)23(27,28)24(29,30)31)32-33-20(35)14-36-18-11-9-17(10-12-18)21(2,3)16-7-5-4-6-8-16/h4-13,32H,14H2,1-3H3,(H,33,35)/b15-13+. The third kappa shape index (κ3) is 6.35. The Kier molecular flexibility index (Phi) is 8.43. The number of amides is 1. The van der Waals surface area contributed by atoms with Crippen molar-refractivity contribution in [2.45, 2.75) is 44.2 Å². The van der Waals surface area contributed by atoms with E-state index in [9.17, 15) is 40.3 Å². The van der Waals surface area contributed by atoms with Crippen molar-refractivity contribution in [3.8, 4) is 5.75 Å². The normalized spacial score (nSPS) is 13.2. The molecule has 0 saturated carbocycles. The lowest BCUT2D eigenvalue weighted by Crippen LogP contribution is -2.55. The molecule has 2 rings (SSSR count). The van der Waals surface area contributed by atoms with Gasteiger partial charge in [-0.2, -0.15) is 30.7 Å². The van der Waals surface area contributed by atoms with Gasteiger partial charge in [0.2, 0.25) is 5.78 Å². The molecule has 2 N–H and O–H groups in total. The highest BCUT2D eigenvalue weighted by molar-refractivity contribution is 5.97. The van der Waals surface area contributed by atoms with Crippen LogP contribution in [-0.4, -0.2) is 36.3 Å². The summed E-state index contributed by atoms with van der Waals surface area (Å²) >= 11 is 0. The Balaban J connectivity index is 1.91. The van der Waals surface area contributed by atoms with Crippen LogP contribution in [-0.2, 0) is 15.0 Å². The van der Waals surface area contributed by atoms with Gasteiger partial charge >= 0.3 is 18.0 Å². The molecular formula is C24H23F7N2O3. The number of hydrazine groups is 1. The summed E-state index contributed by atoms with van der Waals surface area (Å²) < 4.78 is 94.4. The van der Waals surface area contributed by atoms with Crippen LogP contribution in [0.5, 0.6) is 5.75 Å². The second-order valence-corrected chi connectivity index (χ2v) is 8.32. The molecule has 196 valence electrons. The van der Waals surface area contributed by atoms with E-state index in [1.807, 2.05) is 67.2 Å². The van der Waals surface area contributed by atoms with E-state index in [4.69, 9.17) is 4.74 Å². The van der Waals surface area contributed by atoms with Crippen molar-refractivity contribution in [3.63, 3.8) is 0 Å². The average molecular weight is 520 g/mol. The molecular weight excluding hydrogens is 497 g/mol. The summed E-state index contributed by atoms with van der Waals surface area (Å²) in [6.07, 6.45) is -6.81. The van der Waals surface area contributed by atoms with E-state index in [-0.39, 0.29) is 11.5 Å². The van der Waals surface area contributed by atoms with Crippen molar-refractivity contribution >= 4 is 11.7 Å². The van der Waals surface area contributed by atoms with E-state index in [1.54, 1.807) is 12.1 Å². The van der Waals surface area contributed by atoms with Gasteiger partial charge in [-0.25, -0.2) is 0 Å². The summed E-state index contributed by atoms with van der Waals surface area (Å²) in [6, 6.07) is 16.6. The van der Waals surface area contributed by atoms with Crippen molar-refractivity contribution in [2.75, 3.05) is 6.61 Å². The van der Waals surface area contributed by atoms with Crippen LogP contribution in [0, 0.1) is 0 Å². The summed E-state index contributed by atoms with van der Waals surface area (Å²) in [7, 11) is 0. The van der Waals surface area contributed by atoms with Gasteiger partial charge in [0.15, 0.2) is 6.61 Å². The van der Waals surface area contributed by atoms with Crippen molar-refractivity contribution < 1.29 is 45.1 Å². The zero-order valence-corrected chi connectivity index (χ0v) is 19.4. The number of hydrogen-bond acceptors (Lipinski definition) is 4. The lowest BCUT2D eigenvalue weighted by Gasteiger charge is -2.26. The van der Waals surface area contributed by atoms with Gasteiger partial charge in [-0.1, -0.05) is 56.3 Å². The van der Waals surface area contributed by atoms with E-state index in [1.165, 1.54) is 0 Å². The Morgan fingerprint density at radius 2 is 1.36 bits per heavy atom. The lowest BCUT2D eigenvalue weighted by atomic mass is 9.78. The average Bonchev–Trinajstić information content (AvgIpc) is 2.81. The molecule has 12 heteroatoms. The van der Waals surface area contributed by atoms with Crippen LogP contribution in [0.3, 0.4) is 0 Å². The molecule has 2 aromatic carbocycles. The maximum absolute atomic E-state index is 13.4. The first-order valence-corrected chi connectivity index (χ1v) is 10.4. The SMILES string of the molecule is C/C(=C\C(=O)C(F)(F)C(F)(F)C(F)(F)F)NNC(=O)COc1ccc(C(C)(C)c2ccccc2)cc1. The van der Waals surface area contributed by atoms with Gasteiger partial charge in [0.25, 0.3) is 5.91 Å². The minimum atomic E-state index is -6.64. The maximum atomic E-state index is 13.4. The van der Waals surface area contributed by atoms with Gasteiger partial charge in [-0.3, -0.25) is 15.0 Å². The Morgan fingerprint density at radius 3 is 1.89 bits per heavy atom. The highest BCUT2D eigenvalue weighted by atomic mass is 19.4. The third-order valence-electron chi connectivity index (χ3n) is 5.25. The minimum absolute atomic E-state index is 0.173. The van der Waals surface area contributed by atoms with E-state index >= 15 is 0 Å². The first-order valence-electron chi connectivity index (χ1n) is 10.4. The second kappa shape index (κ2) is 10.6. The van der Waals surface area contributed by atoms with Crippen LogP contribution in [0.25, 0.3) is 0 Å². The summed E-state index contributed by atoms with van der Waals surface area (Å²) in [5, 5.41) is 0. The fourth-order valence-electron chi connectivity index (χ4n) is 3.00. The molecule has 0 atom stereocenters. The van der Waals surface area contributed by atoms with Crippen LogP contribution in [0.15, 0.2) is 66.4 Å². The quantitative estimate of drug-likeness (QED) is 0.253. The first kappa shape index (κ1) is 28.7. The molecule has 36 heavy (non-hydrogen) atoms. The van der Waals surface area contributed by atoms with Crippen LogP contribution >= 0.6 is 0 Å². The Morgan fingerprint density at radius 1 is 0.833 bits per heavy atom. The Hall–Kier alpha value is -3.57. The maximum Gasteiger partial charge on any atom is 0.460 e. The van der Waals surface area contributed by atoms with Crippen molar-refractivity contribution in [1.82, 2.24) is 10.9 Å². The van der Waals surface area contributed by atoms with Crippen molar-refractivity contribution in [1.29, 1.82) is 0 Å². The summed E-state index contributed by atoms with van der Waals surface area (Å²) in [6.45, 7) is 4.42. The van der Waals surface area contributed by atoms with Crippen LogP contribution in [0.4, 0.5) is 30.7 Å². The number of ether oxygens (including phenoxy) is 1. The first-order chi connectivity index (χ1) is 16.5. The molecule has 0 unspecified atom stereocenters. The molecule has 0 spiro atoms. The Bertz CT molecular complexity index is 1100. The molecule has 5 nitrogen and oxygen atoms in total.